The van der Waals surface area contributed by atoms with Gasteiger partial charge in [0.15, 0.2) is 0 Å². The van der Waals surface area contributed by atoms with Gasteiger partial charge in [0, 0.05) is 150 Å². The molecule has 0 fully saturated rings. The summed E-state index contributed by atoms with van der Waals surface area (Å²) in [4.78, 5) is 95.7. The van der Waals surface area contributed by atoms with E-state index in [9.17, 15) is 38.4 Å². The molecule has 2 N–H and O–H groups in total. The Hall–Kier alpha value is -7.44. The van der Waals surface area contributed by atoms with Crippen molar-refractivity contribution >= 4 is 215 Å². The van der Waals surface area contributed by atoms with E-state index in [4.69, 9.17) is 56.9 Å². The molecule has 13 nitrogen and oxygen atoms in total. The number of nitrogens with two attached hydrogens (primary N) is 1. The Labute approximate surface area is 821 Å². The standard InChI is InChI=1S/C24H24N2O2.C17H16BrNO.C11H12BrClO.C11H11BrO2.C11H11BrO.C10H8BrClO.C7H8BrN.C7H7Br.C3H4Cl2O.CH4/c1-16-11-20(21-12-17(2)24(28)25(3)15-21)13-19-9-10-22(27)26(23(16)19)14-18-7-5-4-6-8-18;1-12-9-15(18)10-14-7-8-16(20)19(17(12)14)11-13-5-3-2-4-6-13;1-8-6-10(12)3-2-9(8)7-11(14)4-5-13;1-14-11-5-8(12)4-7-2-3-9(13)6-10(7)11;1-7-4-9(12)5-8-2-3-10(13)6-11(7)8;11-7-3-6-1-2-8(13)5-9(6)10(12)4-7;1-5-4-6(8)2-3-7(5)9;8-6-7-4-2-1-3-5-7;4-2-1-3(5)6;/h4-8,11-13,15H,9-10,14H2,1-3H3;2-6,9-10H,7-8,11H2,1H3;2-3,6H,4-5,7H2,1H3;4-5H,2-3,6H2,1H3;4-5H,2-3,6H2,1H3;3-4H,1-2,5H2;2-4H,9H2,1H3;1-5H,6H2;1-2H2;1H4. The van der Waals surface area contributed by atoms with Crippen LogP contribution >= 0.6 is 158 Å². The molecule has 126 heavy (non-hydrogen) atoms. The molecule has 0 bridgehead atoms. The SMILES string of the molecule is BrCc1ccccc1.C.COc1cc(Br)cc2c1CC(=O)CC2.Cc1cc(-c2cc(C)c(=O)n(C)c2)cc2c1N(Cc1ccccc1)C(=O)CC2.Cc1cc(Br)cc2c1CC(=O)CC2.Cc1cc(Br)cc2c1N(Cc1ccccc1)C(=O)CC2.Cc1cc(Br)ccc1CC(=O)CCCl.Cc1cc(Br)ccc1N.O=C(Cl)CCCl.O=C1CCc2cc(Br)cc(Cl)c2C1. The van der Waals surface area contributed by atoms with E-state index in [1.165, 1.54) is 44.5 Å². The van der Waals surface area contributed by atoms with Gasteiger partial charge in [0.05, 0.1) is 31.6 Å². The number of ether oxygens (including phenoxy) is 1. The van der Waals surface area contributed by atoms with Crippen molar-refractivity contribution in [3.63, 3.8) is 0 Å². The largest absolute Gasteiger partial charge is 0.496 e. The number of benzene rings is 10. The quantitative estimate of drug-likeness (QED) is 0.0662. The number of methoxy groups -OCH3 is 1. The summed E-state index contributed by atoms with van der Waals surface area (Å²) in [5.41, 5.74) is 31.4. The lowest BCUT2D eigenvalue weighted by Crippen LogP contribution is -2.35. The molecule has 2 amide bonds. The summed E-state index contributed by atoms with van der Waals surface area (Å²) < 4.78 is 13.2. The Balaban J connectivity index is 0.000000201. The van der Waals surface area contributed by atoms with E-state index in [0.29, 0.717) is 106 Å². The van der Waals surface area contributed by atoms with Gasteiger partial charge in [-0.1, -0.05) is 228 Å². The van der Waals surface area contributed by atoms with Crippen molar-refractivity contribution in [2.75, 3.05) is 34.4 Å². The third-order valence-electron chi connectivity index (χ3n) is 21.1. The van der Waals surface area contributed by atoms with Gasteiger partial charge in [-0.15, -0.1) is 23.2 Å². The van der Waals surface area contributed by atoms with Gasteiger partial charge in [-0.25, -0.2) is 0 Å². The second-order valence-corrected chi connectivity index (χ2v) is 38.3. The van der Waals surface area contributed by atoms with Gasteiger partial charge in [0.25, 0.3) is 5.56 Å². The topological polar surface area (TPSA) is 183 Å². The highest BCUT2D eigenvalue weighted by Crippen LogP contribution is 2.39. The maximum absolute atomic E-state index is 12.7. The first-order chi connectivity index (χ1) is 59.6. The maximum atomic E-state index is 12.7. The summed E-state index contributed by atoms with van der Waals surface area (Å²) in [6, 6.07) is 64.8. The van der Waals surface area contributed by atoms with Crippen molar-refractivity contribution in [3.05, 3.63) is 343 Å². The number of nitrogens with zero attached hydrogens (tertiary/aromatic N) is 3. The van der Waals surface area contributed by atoms with Crippen molar-refractivity contribution in [1.29, 1.82) is 0 Å². The summed E-state index contributed by atoms with van der Waals surface area (Å²) in [5, 5.41) is 1.29. The van der Waals surface area contributed by atoms with E-state index in [0.717, 1.165) is 154 Å². The molecule has 0 unspecified atom stereocenters. The van der Waals surface area contributed by atoms with Crippen LogP contribution < -0.4 is 25.8 Å². The molecule has 11 aromatic rings. The highest BCUT2D eigenvalue weighted by atomic mass is 79.9. The number of ketones is 4. The van der Waals surface area contributed by atoms with Gasteiger partial charge in [0.1, 0.15) is 28.9 Å². The van der Waals surface area contributed by atoms with Crippen LogP contribution in [0, 0.1) is 41.5 Å². The van der Waals surface area contributed by atoms with Gasteiger partial charge in [-0.05, 0) is 282 Å². The van der Waals surface area contributed by atoms with Crippen LogP contribution in [-0.4, -0.2) is 63.6 Å². The summed E-state index contributed by atoms with van der Waals surface area (Å²) >= 11 is 45.4. The van der Waals surface area contributed by atoms with E-state index >= 15 is 0 Å². The maximum Gasteiger partial charge on any atom is 0.253 e. The lowest BCUT2D eigenvalue weighted by molar-refractivity contribution is -0.119. The van der Waals surface area contributed by atoms with Gasteiger partial charge in [-0.2, -0.15) is 0 Å². The molecule has 1 aromatic heterocycles. The first kappa shape index (κ1) is 106. The number of halogens is 11. The Kier molecular flexibility index (Phi) is 44.4. The number of pyridine rings is 1. The number of hydrogen-bond donors (Lipinski definition) is 1. The Morgan fingerprint density at radius 2 is 0.841 bits per heavy atom. The number of nitrogen functional groups attached to an aromatic ring is 1. The first-order valence-electron chi connectivity index (χ1n) is 40.8. The van der Waals surface area contributed by atoms with Crippen LogP contribution in [0.3, 0.4) is 0 Å². The van der Waals surface area contributed by atoms with E-state index in [-0.39, 0.29) is 48.0 Å². The molecular weight excluding hydrogens is 2130 g/mol. The van der Waals surface area contributed by atoms with Gasteiger partial charge in [0.2, 0.25) is 17.1 Å². The number of aromatic nitrogens is 1. The van der Waals surface area contributed by atoms with Crippen LogP contribution in [0.25, 0.3) is 11.1 Å². The van der Waals surface area contributed by atoms with Crippen LogP contribution in [0.2, 0.25) is 5.02 Å². The molecule has 3 aliphatic carbocycles. The van der Waals surface area contributed by atoms with E-state index in [2.05, 4.69) is 211 Å². The Morgan fingerprint density at radius 3 is 1.30 bits per heavy atom. The predicted molar refractivity (Wildman–Crippen MR) is 545 cm³/mol. The van der Waals surface area contributed by atoms with Crippen molar-refractivity contribution < 1.29 is 38.3 Å². The second kappa shape index (κ2) is 53.0. The number of carbonyl (C=O) groups is 7. The van der Waals surface area contributed by atoms with E-state index < -0.39 is 0 Å². The van der Waals surface area contributed by atoms with E-state index in [1.807, 2.05) is 152 Å². The summed E-state index contributed by atoms with van der Waals surface area (Å²) in [7, 11) is 3.42. The molecule has 0 atom stereocenters. The average molecular weight is 2230 g/mol. The number of alkyl halides is 3. The normalized spacial score (nSPS) is 13.0. The third-order valence-corrected chi connectivity index (χ3v) is 25.5. The van der Waals surface area contributed by atoms with Crippen molar-refractivity contribution in [2.45, 2.75) is 170 Å². The minimum Gasteiger partial charge on any atom is -0.496 e. The number of amides is 2. The average Bonchev–Trinajstić information content (AvgIpc) is 0.774. The van der Waals surface area contributed by atoms with Crippen LogP contribution in [0.15, 0.2) is 232 Å². The summed E-state index contributed by atoms with van der Waals surface area (Å²) in [6.07, 6.45) is 12.0. The molecular formula is C102H105Br7Cl4N4O9. The number of rotatable bonds is 13. The minimum atomic E-state index is -0.370. The minimum absolute atomic E-state index is 0. The third kappa shape index (κ3) is 32.9. The van der Waals surface area contributed by atoms with Crippen LogP contribution in [0.1, 0.15) is 153 Å². The first-order valence-corrected chi connectivity index (χ1v) is 48.5. The molecule has 2 aliphatic heterocycles. The van der Waals surface area contributed by atoms with Crippen molar-refractivity contribution in [3.8, 4) is 16.9 Å². The van der Waals surface area contributed by atoms with Gasteiger partial charge < -0.3 is 24.8 Å². The Bertz CT molecular complexity index is 5580. The zero-order valence-electron chi connectivity index (χ0n) is 71.2. The molecule has 5 aliphatic rings. The molecule has 664 valence electrons. The second-order valence-electron chi connectivity index (χ2n) is 30.7. The van der Waals surface area contributed by atoms with Crippen molar-refractivity contribution in [1.82, 2.24) is 4.57 Å². The Morgan fingerprint density at radius 1 is 0.429 bits per heavy atom. The fraction of sp³-hybridized carbons (Fsp3) is 0.294. The van der Waals surface area contributed by atoms with Crippen molar-refractivity contribution in [2.24, 2.45) is 7.05 Å². The molecule has 0 saturated heterocycles. The van der Waals surface area contributed by atoms with Crippen LogP contribution in [0.5, 0.6) is 5.75 Å². The molecule has 0 radical (unpaired) electrons. The molecule has 24 heteroatoms. The highest BCUT2D eigenvalue weighted by molar-refractivity contribution is 9.11. The number of aryl methyl sites for hydroxylation is 12. The molecule has 16 rings (SSSR count). The molecule has 10 aromatic carbocycles. The molecule has 3 heterocycles. The fourth-order valence-corrected chi connectivity index (χ4v) is 19.3. The summed E-state index contributed by atoms with van der Waals surface area (Å²) in [5.74, 6) is 3.11. The number of hydrogen-bond acceptors (Lipinski definition) is 10. The number of fused-ring (bicyclic) bond motifs is 5. The number of Topliss-reactive ketones (excluding diaryl/α,β-unsaturated/α-hetero) is 4. The summed E-state index contributed by atoms with van der Waals surface area (Å²) in [6.45, 7) is 13.3. The predicted octanol–water partition coefficient (Wildman–Crippen LogP) is 27.3. The fourth-order valence-electron chi connectivity index (χ4n) is 14.8. The lowest BCUT2D eigenvalue weighted by Gasteiger charge is -2.32. The van der Waals surface area contributed by atoms with Gasteiger partial charge >= 0.3 is 0 Å². The number of anilines is 3. The lowest BCUT2D eigenvalue weighted by atomic mass is 9.88. The smallest absolute Gasteiger partial charge is 0.253 e. The van der Waals surface area contributed by atoms with Crippen LogP contribution in [0.4, 0.5) is 17.1 Å². The van der Waals surface area contributed by atoms with Crippen LogP contribution in [-0.2, 0) is 117 Å². The monoisotopic (exact) mass is 2220 g/mol. The zero-order valence-corrected chi connectivity index (χ0v) is 85.3. The highest BCUT2D eigenvalue weighted by Gasteiger charge is 2.29. The molecule has 0 saturated carbocycles. The van der Waals surface area contributed by atoms with Gasteiger partial charge in [-0.3, -0.25) is 38.4 Å². The zero-order chi connectivity index (χ0) is 91.1. The number of carbonyl (C=O) groups excluding carboxylic acids is 7. The van der Waals surface area contributed by atoms with E-state index in [1.54, 1.807) is 18.7 Å². The molecule has 0 spiro atoms.